The fraction of sp³-hybridized carbons (Fsp3) is 0.600. The van der Waals surface area contributed by atoms with Gasteiger partial charge in [0.25, 0.3) is 0 Å². The van der Waals surface area contributed by atoms with E-state index in [0.717, 1.165) is 54.4 Å². The van der Waals surface area contributed by atoms with Crippen LogP contribution in [0.5, 0.6) is 5.75 Å². The number of aliphatic hydroxyl groups is 1. The van der Waals surface area contributed by atoms with Crippen molar-refractivity contribution in [3.05, 3.63) is 35.0 Å². The molecular formula is C25H33ClN2O4S. The van der Waals surface area contributed by atoms with Gasteiger partial charge in [-0.05, 0) is 68.7 Å². The number of likely N-dealkylation sites (tertiary alicyclic amines) is 1. The first-order chi connectivity index (χ1) is 15.9. The van der Waals surface area contributed by atoms with Crippen LogP contribution in [-0.2, 0) is 4.79 Å². The lowest BCUT2D eigenvalue weighted by molar-refractivity contribution is -0.139. The van der Waals surface area contributed by atoms with E-state index in [4.69, 9.17) is 16.3 Å². The Labute approximate surface area is 204 Å². The predicted octanol–water partition coefficient (Wildman–Crippen LogP) is 5.02. The second-order valence-electron chi connectivity index (χ2n) is 9.27. The number of hydrogen-bond donors (Lipinski definition) is 2. The molecule has 0 radical (unpaired) electrons. The molecule has 0 unspecified atom stereocenters. The van der Waals surface area contributed by atoms with Crippen molar-refractivity contribution in [3.63, 3.8) is 0 Å². The number of carboxylic acid groups (broad SMARTS) is 1. The number of halogens is 1. The second-order valence-corrected chi connectivity index (χ2v) is 11.1. The summed E-state index contributed by atoms with van der Waals surface area (Å²) in [5.74, 6) is 1.47. The zero-order valence-corrected chi connectivity index (χ0v) is 20.7. The van der Waals surface area contributed by atoms with E-state index in [-0.39, 0.29) is 18.3 Å². The van der Waals surface area contributed by atoms with Crippen molar-refractivity contribution < 1.29 is 19.7 Å². The summed E-state index contributed by atoms with van der Waals surface area (Å²) in [7, 11) is 1.61. The number of pyridine rings is 1. The van der Waals surface area contributed by atoms with Gasteiger partial charge in [0.05, 0.1) is 23.8 Å². The highest BCUT2D eigenvalue weighted by atomic mass is 35.5. The molecule has 2 aliphatic rings. The van der Waals surface area contributed by atoms with Crippen molar-refractivity contribution in [2.45, 2.75) is 49.9 Å². The summed E-state index contributed by atoms with van der Waals surface area (Å²) < 4.78 is 5.34. The molecule has 6 nitrogen and oxygen atoms in total. The van der Waals surface area contributed by atoms with E-state index in [0.29, 0.717) is 22.8 Å². The molecule has 1 saturated heterocycles. The summed E-state index contributed by atoms with van der Waals surface area (Å²) in [5, 5.41) is 22.7. The second kappa shape index (κ2) is 11.3. The lowest BCUT2D eigenvalue weighted by Gasteiger charge is -2.38. The van der Waals surface area contributed by atoms with Gasteiger partial charge in [-0.25, -0.2) is 0 Å². The number of methoxy groups -OCH3 is 1. The van der Waals surface area contributed by atoms with E-state index in [9.17, 15) is 15.0 Å². The molecule has 1 aromatic heterocycles. The van der Waals surface area contributed by atoms with Gasteiger partial charge in [-0.15, -0.1) is 0 Å². The van der Waals surface area contributed by atoms with Gasteiger partial charge in [0.1, 0.15) is 5.75 Å². The summed E-state index contributed by atoms with van der Waals surface area (Å²) in [5.41, 5.74) is 1.43. The van der Waals surface area contributed by atoms with E-state index >= 15 is 0 Å². The van der Waals surface area contributed by atoms with Crippen LogP contribution in [0.2, 0.25) is 5.02 Å². The number of carbonyl (C=O) groups is 1. The highest BCUT2D eigenvalue weighted by Crippen LogP contribution is 2.38. The summed E-state index contributed by atoms with van der Waals surface area (Å²) in [6, 6.07) is 5.56. The molecule has 4 rings (SSSR count). The Kier molecular flexibility index (Phi) is 8.38. The number of aliphatic hydroxyl groups excluding tert-OH is 1. The van der Waals surface area contributed by atoms with Crippen LogP contribution in [0.15, 0.2) is 24.4 Å². The maximum Gasteiger partial charge on any atom is 0.303 e. The molecule has 1 aliphatic heterocycles. The summed E-state index contributed by atoms with van der Waals surface area (Å²) in [6.45, 7) is 2.86. The van der Waals surface area contributed by atoms with Gasteiger partial charge >= 0.3 is 5.97 Å². The number of thioether (sulfide) groups is 1. The van der Waals surface area contributed by atoms with Crippen LogP contribution in [0.1, 0.15) is 50.2 Å². The fourth-order valence-corrected chi connectivity index (χ4v) is 6.37. The van der Waals surface area contributed by atoms with E-state index in [1.165, 1.54) is 12.8 Å². The van der Waals surface area contributed by atoms with E-state index in [2.05, 4.69) is 21.6 Å². The van der Waals surface area contributed by atoms with Crippen LogP contribution in [-0.4, -0.2) is 63.8 Å². The quantitative estimate of drug-likeness (QED) is 0.455. The molecule has 0 bridgehead atoms. The molecule has 1 saturated carbocycles. The topological polar surface area (TPSA) is 82.9 Å². The molecule has 3 atom stereocenters. The maximum absolute atomic E-state index is 11.5. The Balaban J connectivity index is 1.40. The number of nitrogens with zero attached hydrogens (tertiary/aromatic N) is 2. The zero-order chi connectivity index (χ0) is 23.4. The van der Waals surface area contributed by atoms with Gasteiger partial charge in [0.2, 0.25) is 0 Å². The number of fused-ring (bicyclic) bond motifs is 1. The first kappa shape index (κ1) is 24.6. The molecule has 2 N–H and O–H groups in total. The first-order valence-corrected chi connectivity index (χ1v) is 13.2. The summed E-state index contributed by atoms with van der Waals surface area (Å²) >= 11 is 8.51. The lowest BCUT2D eigenvalue weighted by atomic mass is 9.79. The number of rotatable bonds is 11. The molecule has 2 heterocycles. The number of ether oxygens (including phenoxy) is 1. The van der Waals surface area contributed by atoms with E-state index in [1.54, 1.807) is 13.3 Å². The third-order valence-electron chi connectivity index (χ3n) is 6.91. The van der Waals surface area contributed by atoms with Crippen LogP contribution in [0, 0.1) is 11.8 Å². The molecule has 1 aliphatic carbocycles. The first-order valence-electron chi connectivity index (χ1n) is 11.8. The number of piperidine rings is 1. The smallest absolute Gasteiger partial charge is 0.303 e. The third kappa shape index (κ3) is 6.53. The van der Waals surface area contributed by atoms with Gasteiger partial charge in [0.15, 0.2) is 0 Å². The number of carboxylic acids is 1. The van der Waals surface area contributed by atoms with Crippen molar-refractivity contribution in [2.75, 3.05) is 32.5 Å². The SMILES string of the molecule is COc1ccc2ncc(Cl)c([C@@H](O)CC[C@@H]3CCN(CCSC4CC4)C[C@@H]3CC(=O)O)c2c1. The Hall–Kier alpha value is -1.54. The monoisotopic (exact) mass is 492 g/mol. The minimum atomic E-state index is -0.742. The highest BCUT2D eigenvalue weighted by molar-refractivity contribution is 8.00. The molecule has 180 valence electrons. The molecule has 0 spiro atoms. The minimum Gasteiger partial charge on any atom is -0.497 e. The van der Waals surface area contributed by atoms with Crippen molar-refractivity contribution >= 4 is 40.2 Å². The molecule has 8 heteroatoms. The Morgan fingerprint density at radius 1 is 1.33 bits per heavy atom. The average molecular weight is 493 g/mol. The fourth-order valence-electron chi connectivity index (χ4n) is 4.93. The van der Waals surface area contributed by atoms with Crippen molar-refractivity contribution in [2.24, 2.45) is 11.8 Å². The lowest BCUT2D eigenvalue weighted by Crippen LogP contribution is -2.42. The van der Waals surface area contributed by atoms with E-state index in [1.807, 2.05) is 18.2 Å². The van der Waals surface area contributed by atoms with Gasteiger partial charge < -0.3 is 19.8 Å². The maximum atomic E-state index is 11.5. The number of aliphatic carboxylic acids is 1. The average Bonchev–Trinajstić information content (AvgIpc) is 3.62. The Morgan fingerprint density at radius 3 is 2.88 bits per heavy atom. The van der Waals surface area contributed by atoms with Crippen LogP contribution in [0.4, 0.5) is 0 Å². The Morgan fingerprint density at radius 2 is 2.15 bits per heavy atom. The summed E-state index contributed by atoms with van der Waals surface area (Å²) in [4.78, 5) is 18.3. The van der Waals surface area contributed by atoms with Crippen LogP contribution in [0.25, 0.3) is 10.9 Å². The number of benzene rings is 1. The molecule has 0 amide bonds. The van der Waals surface area contributed by atoms with Gasteiger partial charge in [-0.2, -0.15) is 11.8 Å². The van der Waals surface area contributed by atoms with Crippen molar-refractivity contribution in [1.29, 1.82) is 0 Å². The zero-order valence-electron chi connectivity index (χ0n) is 19.1. The summed E-state index contributed by atoms with van der Waals surface area (Å²) in [6.07, 6.45) is 6.00. The standard InChI is InChI=1S/C25H33ClN2O4S/c1-32-18-3-6-22-20(13-18)25(21(26)14-27-22)23(29)7-2-16-8-9-28(10-11-33-19-4-5-19)15-17(16)12-24(30)31/h3,6,13-14,16-17,19,23,29H,2,4-5,7-12,15H2,1H3,(H,30,31)/t16-,17+,23+/m1/s1. The molecule has 1 aromatic carbocycles. The largest absolute Gasteiger partial charge is 0.497 e. The van der Waals surface area contributed by atoms with Gasteiger partial charge in [-0.1, -0.05) is 11.6 Å². The van der Waals surface area contributed by atoms with Crippen LogP contribution < -0.4 is 4.74 Å². The number of hydrogen-bond acceptors (Lipinski definition) is 6. The van der Waals surface area contributed by atoms with E-state index < -0.39 is 12.1 Å². The van der Waals surface area contributed by atoms with Crippen LogP contribution >= 0.6 is 23.4 Å². The molecule has 2 aromatic rings. The molecular weight excluding hydrogens is 460 g/mol. The third-order valence-corrected chi connectivity index (χ3v) is 8.57. The van der Waals surface area contributed by atoms with Gasteiger partial charge in [0, 0.05) is 47.7 Å². The molecule has 33 heavy (non-hydrogen) atoms. The van der Waals surface area contributed by atoms with Crippen molar-refractivity contribution in [1.82, 2.24) is 9.88 Å². The predicted molar refractivity (Wildman–Crippen MR) is 133 cm³/mol. The minimum absolute atomic E-state index is 0.110. The van der Waals surface area contributed by atoms with Gasteiger partial charge in [-0.3, -0.25) is 9.78 Å². The number of aromatic nitrogens is 1. The van der Waals surface area contributed by atoms with Crippen molar-refractivity contribution in [3.8, 4) is 5.75 Å². The Bertz CT molecular complexity index is 971. The normalized spacial score (nSPS) is 22.4. The highest BCUT2D eigenvalue weighted by Gasteiger charge is 2.32. The molecule has 2 fully saturated rings. The van der Waals surface area contributed by atoms with Crippen LogP contribution in [0.3, 0.4) is 0 Å².